The molecule has 0 spiro atoms. The number of hydrogen-bond acceptors (Lipinski definition) is 3. The van der Waals surface area contributed by atoms with Crippen LogP contribution in [0.25, 0.3) is 0 Å². The van der Waals surface area contributed by atoms with Gasteiger partial charge in [0, 0.05) is 18.8 Å². The Kier molecular flexibility index (Phi) is 10.0. The smallest absolute Gasteiger partial charge is 0.242 e. The van der Waals surface area contributed by atoms with Crippen molar-refractivity contribution in [3.8, 4) is 0 Å². The number of aryl methyl sites for hydroxylation is 1. The van der Waals surface area contributed by atoms with Crippen LogP contribution in [0.5, 0.6) is 0 Å². The maximum atomic E-state index is 13.2. The number of nitrogens with zero attached hydrogens (tertiary/aromatic N) is 1. The van der Waals surface area contributed by atoms with Crippen LogP contribution in [0, 0.1) is 6.92 Å². The SMILES string of the molecule is CCNC(=O)C(CC)N(Cc1ccccc1C)C(=O)CSCc1ccc(Cl)c(Cl)c1. The normalized spacial score (nSPS) is 11.8. The van der Waals surface area contributed by atoms with Crippen LogP contribution in [0.4, 0.5) is 0 Å². The third-order valence-corrected chi connectivity index (χ3v) is 6.54. The van der Waals surface area contributed by atoms with E-state index in [0.29, 0.717) is 35.3 Å². The highest BCUT2D eigenvalue weighted by Gasteiger charge is 2.28. The zero-order valence-electron chi connectivity index (χ0n) is 17.6. The van der Waals surface area contributed by atoms with E-state index in [4.69, 9.17) is 23.2 Å². The molecule has 2 aromatic rings. The van der Waals surface area contributed by atoms with Gasteiger partial charge in [0.15, 0.2) is 0 Å². The monoisotopic (exact) mass is 466 g/mol. The topological polar surface area (TPSA) is 49.4 Å². The van der Waals surface area contributed by atoms with Crippen molar-refractivity contribution in [2.45, 2.75) is 45.5 Å². The number of amides is 2. The van der Waals surface area contributed by atoms with Crippen molar-refractivity contribution in [2.75, 3.05) is 12.3 Å². The largest absolute Gasteiger partial charge is 0.355 e. The number of halogens is 2. The second kappa shape index (κ2) is 12.2. The van der Waals surface area contributed by atoms with Gasteiger partial charge in [-0.2, -0.15) is 0 Å². The summed E-state index contributed by atoms with van der Waals surface area (Å²) in [7, 11) is 0. The minimum Gasteiger partial charge on any atom is -0.355 e. The minimum absolute atomic E-state index is 0.0542. The van der Waals surface area contributed by atoms with Gasteiger partial charge in [0.05, 0.1) is 15.8 Å². The molecule has 1 atom stereocenters. The van der Waals surface area contributed by atoms with E-state index in [-0.39, 0.29) is 17.6 Å². The molecule has 1 unspecified atom stereocenters. The highest BCUT2D eigenvalue weighted by Crippen LogP contribution is 2.25. The summed E-state index contributed by atoms with van der Waals surface area (Å²) >= 11 is 13.5. The molecule has 0 heterocycles. The average Bonchev–Trinajstić information content (AvgIpc) is 2.72. The first-order valence-electron chi connectivity index (χ1n) is 10.0. The molecule has 2 amide bonds. The van der Waals surface area contributed by atoms with Gasteiger partial charge >= 0.3 is 0 Å². The number of nitrogens with one attached hydrogen (secondary N) is 1. The molecule has 30 heavy (non-hydrogen) atoms. The summed E-state index contributed by atoms with van der Waals surface area (Å²) in [6, 6.07) is 12.9. The Balaban J connectivity index is 2.13. The fourth-order valence-electron chi connectivity index (χ4n) is 3.15. The molecule has 0 saturated heterocycles. The molecule has 162 valence electrons. The van der Waals surface area contributed by atoms with Crippen LogP contribution in [0.1, 0.15) is 37.0 Å². The van der Waals surface area contributed by atoms with E-state index in [0.717, 1.165) is 16.7 Å². The van der Waals surface area contributed by atoms with Crippen molar-refractivity contribution < 1.29 is 9.59 Å². The molecule has 0 aromatic heterocycles. The molecule has 0 radical (unpaired) electrons. The van der Waals surface area contributed by atoms with E-state index in [1.165, 1.54) is 11.8 Å². The molecule has 2 aromatic carbocycles. The van der Waals surface area contributed by atoms with E-state index in [1.807, 2.05) is 57.2 Å². The van der Waals surface area contributed by atoms with Gasteiger partial charge in [-0.3, -0.25) is 9.59 Å². The van der Waals surface area contributed by atoms with Crippen molar-refractivity contribution in [1.29, 1.82) is 0 Å². The molecule has 0 aliphatic rings. The second-order valence-electron chi connectivity index (χ2n) is 7.01. The molecule has 2 rings (SSSR count). The first-order valence-corrected chi connectivity index (χ1v) is 11.9. The summed E-state index contributed by atoms with van der Waals surface area (Å²) in [5.41, 5.74) is 3.15. The number of hydrogen-bond donors (Lipinski definition) is 1. The number of thioether (sulfide) groups is 1. The molecule has 0 aliphatic carbocycles. The van der Waals surface area contributed by atoms with Gasteiger partial charge in [0.25, 0.3) is 0 Å². The summed E-state index contributed by atoms with van der Waals surface area (Å²) in [4.78, 5) is 27.5. The van der Waals surface area contributed by atoms with Gasteiger partial charge in [0.2, 0.25) is 11.8 Å². The van der Waals surface area contributed by atoms with E-state index in [9.17, 15) is 9.59 Å². The van der Waals surface area contributed by atoms with Crippen LogP contribution in [-0.4, -0.2) is 35.1 Å². The van der Waals surface area contributed by atoms with Gasteiger partial charge in [-0.05, 0) is 49.1 Å². The van der Waals surface area contributed by atoms with Crippen LogP contribution in [0.2, 0.25) is 10.0 Å². The molecule has 0 fully saturated rings. The van der Waals surface area contributed by atoms with Crippen LogP contribution < -0.4 is 5.32 Å². The van der Waals surface area contributed by atoms with Crippen LogP contribution in [-0.2, 0) is 21.9 Å². The Morgan fingerprint density at radius 3 is 2.47 bits per heavy atom. The summed E-state index contributed by atoms with van der Waals surface area (Å²) < 4.78 is 0. The summed E-state index contributed by atoms with van der Waals surface area (Å²) in [5, 5.41) is 3.88. The van der Waals surface area contributed by atoms with Crippen LogP contribution in [0.3, 0.4) is 0 Å². The number of rotatable bonds is 10. The maximum Gasteiger partial charge on any atom is 0.242 e. The number of carbonyl (C=O) groups excluding carboxylic acids is 2. The Morgan fingerprint density at radius 1 is 1.10 bits per heavy atom. The summed E-state index contributed by atoms with van der Waals surface area (Å²) in [6.07, 6.45) is 0.556. The van der Waals surface area contributed by atoms with E-state index in [2.05, 4.69) is 5.32 Å². The van der Waals surface area contributed by atoms with Gasteiger partial charge in [-0.25, -0.2) is 0 Å². The lowest BCUT2D eigenvalue weighted by molar-refractivity contribution is -0.139. The quantitative estimate of drug-likeness (QED) is 0.504. The lowest BCUT2D eigenvalue weighted by atomic mass is 10.1. The van der Waals surface area contributed by atoms with Gasteiger partial charge in [-0.1, -0.05) is 60.5 Å². The molecule has 0 saturated carbocycles. The first-order chi connectivity index (χ1) is 14.4. The molecule has 7 heteroatoms. The third-order valence-electron chi connectivity index (χ3n) is 4.82. The minimum atomic E-state index is -0.498. The molecular formula is C23H28Cl2N2O2S. The molecule has 0 bridgehead atoms. The van der Waals surface area contributed by atoms with Gasteiger partial charge in [-0.15, -0.1) is 11.8 Å². The number of likely N-dealkylation sites (N-methyl/N-ethyl adjacent to an activating group) is 1. The van der Waals surface area contributed by atoms with Crippen molar-refractivity contribution in [3.63, 3.8) is 0 Å². The van der Waals surface area contributed by atoms with E-state index < -0.39 is 6.04 Å². The fourth-order valence-corrected chi connectivity index (χ4v) is 4.33. The Hall–Kier alpha value is -1.69. The maximum absolute atomic E-state index is 13.2. The Labute approximate surface area is 193 Å². The van der Waals surface area contributed by atoms with Crippen molar-refractivity contribution >= 4 is 46.8 Å². The predicted molar refractivity (Wildman–Crippen MR) is 127 cm³/mol. The molecule has 0 aliphatic heterocycles. The second-order valence-corrected chi connectivity index (χ2v) is 8.81. The average molecular weight is 467 g/mol. The molecule has 1 N–H and O–H groups in total. The zero-order chi connectivity index (χ0) is 22.1. The highest BCUT2D eigenvalue weighted by atomic mass is 35.5. The van der Waals surface area contributed by atoms with Gasteiger partial charge < -0.3 is 10.2 Å². The number of carbonyl (C=O) groups is 2. The highest BCUT2D eigenvalue weighted by molar-refractivity contribution is 7.99. The molecular weight excluding hydrogens is 439 g/mol. The van der Waals surface area contributed by atoms with Crippen LogP contribution in [0.15, 0.2) is 42.5 Å². The lowest BCUT2D eigenvalue weighted by Crippen LogP contribution is -2.49. The van der Waals surface area contributed by atoms with E-state index in [1.54, 1.807) is 11.0 Å². The zero-order valence-corrected chi connectivity index (χ0v) is 19.9. The third kappa shape index (κ3) is 6.93. The van der Waals surface area contributed by atoms with E-state index >= 15 is 0 Å². The van der Waals surface area contributed by atoms with Crippen molar-refractivity contribution in [1.82, 2.24) is 10.2 Å². The van der Waals surface area contributed by atoms with Crippen molar-refractivity contribution in [2.24, 2.45) is 0 Å². The van der Waals surface area contributed by atoms with Crippen molar-refractivity contribution in [3.05, 3.63) is 69.2 Å². The summed E-state index contributed by atoms with van der Waals surface area (Å²) in [6.45, 7) is 6.78. The summed E-state index contributed by atoms with van der Waals surface area (Å²) in [5.74, 6) is 0.749. The standard InChI is InChI=1S/C23H28Cl2N2O2S/c1-4-21(23(29)26-5-2)27(13-18-9-7-6-8-16(18)3)22(28)15-30-14-17-10-11-19(24)20(25)12-17/h6-12,21H,4-5,13-15H2,1-3H3,(H,26,29). The molecule has 4 nitrogen and oxygen atoms in total. The Bertz CT molecular complexity index is 876. The Morgan fingerprint density at radius 2 is 1.83 bits per heavy atom. The first kappa shape index (κ1) is 24.6. The van der Waals surface area contributed by atoms with Crippen LogP contribution >= 0.6 is 35.0 Å². The number of benzene rings is 2. The fraction of sp³-hybridized carbons (Fsp3) is 0.391. The van der Waals surface area contributed by atoms with Gasteiger partial charge in [0.1, 0.15) is 6.04 Å². The predicted octanol–water partition coefficient (Wildman–Crippen LogP) is 5.48. The lowest BCUT2D eigenvalue weighted by Gasteiger charge is -2.31.